The first-order valence-electron chi connectivity index (χ1n) is 9.48. The van der Waals surface area contributed by atoms with E-state index in [9.17, 15) is 9.59 Å². The van der Waals surface area contributed by atoms with Gasteiger partial charge >= 0.3 is 12.1 Å². The lowest BCUT2D eigenvalue weighted by Crippen LogP contribution is -2.51. The molecule has 0 aromatic heterocycles. The zero-order valence-electron chi connectivity index (χ0n) is 16.6. The van der Waals surface area contributed by atoms with Gasteiger partial charge < -0.3 is 14.4 Å². The van der Waals surface area contributed by atoms with Gasteiger partial charge in [0.25, 0.3) is 0 Å². The summed E-state index contributed by atoms with van der Waals surface area (Å²) in [5, 5.41) is 0. The first kappa shape index (κ1) is 20.3. The van der Waals surface area contributed by atoms with Crippen LogP contribution in [-0.2, 0) is 9.47 Å². The van der Waals surface area contributed by atoms with Crippen LogP contribution in [0.15, 0.2) is 24.3 Å². The molecule has 0 spiro atoms. The second kappa shape index (κ2) is 8.56. The summed E-state index contributed by atoms with van der Waals surface area (Å²) in [5.74, 6) is 0.0185. The van der Waals surface area contributed by atoms with Gasteiger partial charge in [-0.05, 0) is 55.7 Å². The normalized spacial score (nSPS) is 20.6. The van der Waals surface area contributed by atoms with E-state index in [0.29, 0.717) is 31.2 Å². The molecule has 5 heteroatoms. The highest BCUT2D eigenvalue weighted by atomic mass is 16.6. The third-order valence-corrected chi connectivity index (χ3v) is 4.97. The Morgan fingerprint density at radius 1 is 1.15 bits per heavy atom. The molecule has 0 aliphatic carbocycles. The van der Waals surface area contributed by atoms with Crippen molar-refractivity contribution in [3.63, 3.8) is 0 Å². The molecule has 2 atom stereocenters. The molecular formula is C21H31NO4. The van der Waals surface area contributed by atoms with Crippen LogP contribution in [0, 0.1) is 5.41 Å². The van der Waals surface area contributed by atoms with Crippen LogP contribution in [-0.4, -0.2) is 42.8 Å². The number of carbonyl (C=O) groups excluding carboxylic acids is 2. The number of hydrogen-bond donors (Lipinski definition) is 0. The molecule has 0 bridgehead atoms. The van der Waals surface area contributed by atoms with E-state index in [1.807, 2.05) is 24.0 Å². The third kappa shape index (κ3) is 4.77. The summed E-state index contributed by atoms with van der Waals surface area (Å²) in [5.41, 5.74) is 1.67. The van der Waals surface area contributed by atoms with Crippen LogP contribution in [0.25, 0.3) is 0 Å². The molecule has 1 aliphatic rings. The SMILES string of the molecule is CCOC(=O)c1cccc(C2CCN(C(=O)OCC)C(C(C)(C)C)C2)c1. The Morgan fingerprint density at radius 2 is 1.85 bits per heavy atom. The number of benzene rings is 1. The predicted octanol–water partition coefficient (Wildman–Crippen LogP) is 4.61. The number of nitrogens with zero attached hydrogens (tertiary/aromatic N) is 1. The number of ether oxygens (including phenoxy) is 2. The van der Waals surface area contributed by atoms with Gasteiger partial charge in [0, 0.05) is 12.6 Å². The van der Waals surface area contributed by atoms with Gasteiger partial charge in [0.1, 0.15) is 0 Å². The molecule has 2 unspecified atom stereocenters. The van der Waals surface area contributed by atoms with Crippen molar-refractivity contribution in [1.82, 2.24) is 4.90 Å². The van der Waals surface area contributed by atoms with Gasteiger partial charge in [-0.1, -0.05) is 32.9 Å². The molecule has 1 aliphatic heterocycles. The summed E-state index contributed by atoms with van der Waals surface area (Å²) >= 11 is 0. The van der Waals surface area contributed by atoms with Crippen molar-refractivity contribution in [3.05, 3.63) is 35.4 Å². The predicted molar refractivity (Wildman–Crippen MR) is 101 cm³/mol. The fourth-order valence-corrected chi connectivity index (χ4v) is 3.65. The van der Waals surface area contributed by atoms with E-state index in [2.05, 4.69) is 26.8 Å². The van der Waals surface area contributed by atoms with Crippen molar-refractivity contribution in [3.8, 4) is 0 Å². The Balaban J connectivity index is 2.21. The van der Waals surface area contributed by atoms with E-state index < -0.39 is 0 Å². The molecule has 1 heterocycles. The lowest BCUT2D eigenvalue weighted by Gasteiger charge is -2.45. The number of carbonyl (C=O) groups is 2. The Hall–Kier alpha value is -2.04. The Kier molecular flexibility index (Phi) is 6.68. The van der Waals surface area contributed by atoms with Crippen LogP contribution in [0.2, 0.25) is 0 Å². The van der Waals surface area contributed by atoms with Crippen molar-refractivity contribution < 1.29 is 19.1 Å². The van der Waals surface area contributed by atoms with E-state index in [-0.39, 0.29) is 23.5 Å². The first-order chi connectivity index (χ1) is 12.3. The average Bonchev–Trinajstić information content (AvgIpc) is 2.61. The van der Waals surface area contributed by atoms with Crippen molar-refractivity contribution in [2.45, 2.75) is 59.4 Å². The number of piperidine rings is 1. The minimum atomic E-state index is -0.286. The molecule has 0 radical (unpaired) electrons. The van der Waals surface area contributed by atoms with Crippen molar-refractivity contribution >= 4 is 12.1 Å². The number of amides is 1. The number of rotatable bonds is 4. The monoisotopic (exact) mass is 361 g/mol. The molecule has 0 N–H and O–H groups in total. The van der Waals surface area contributed by atoms with Crippen LogP contribution < -0.4 is 0 Å². The summed E-state index contributed by atoms with van der Waals surface area (Å²) in [6.45, 7) is 11.5. The number of likely N-dealkylation sites (tertiary alicyclic amines) is 1. The largest absolute Gasteiger partial charge is 0.462 e. The molecule has 5 nitrogen and oxygen atoms in total. The van der Waals surface area contributed by atoms with Crippen LogP contribution in [0.1, 0.15) is 69.3 Å². The minimum Gasteiger partial charge on any atom is -0.462 e. The molecular weight excluding hydrogens is 330 g/mol. The van der Waals surface area contributed by atoms with Crippen LogP contribution >= 0.6 is 0 Å². The molecule has 144 valence electrons. The highest BCUT2D eigenvalue weighted by Gasteiger charge is 2.39. The van der Waals surface area contributed by atoms with Gasteiger partial charge in [-0.25, -0.2) is 9.59 Å². The van der Waals surface area contributed by atoms with Gasteiger partial charge in [-0.2, -0.15) is 0 Å². The van der Waals surface area contributed by atoms with Gasteiger partial charge in [0.15, 0.2) is 0 Å². The standard InChI is InChI=1S/C21H31NO4/c1-6-25-19(23)17-10-8-9-15(13-17)16-11-12-22(20(24)26-7-2)18(14-16)21(3,4)5/h8-10,13,16,18H,6-7,11-12,14H2,1-5H3. The summed E-state index contributed by atoms with van der Waals surface area (Å²) in [4.78, 5) is 26.3. The zero-order chi connectivity index (χ0) is 19.3. The van der Waals surface area contributed by atoms with Crippen LogP contribution in [0.4, 0.5) is 4.79 Å². The summed E-state index contributed by atoms with van der Waals surface area (Å²) in [6.07, 6.45) is 1.48. The van der Waals surface area contributed by atoms with E-state index in [0.717, 1.165) is 18.4 Å². The Morgan fingerprint density at radius 3 is 2.46 bits per heavy atom. The van der Waals surface area contributed by atoms with Gasteiger partial charge in [0.05, 0.1) is 18.8 Å². The maximum atomic E-state index is 12.4. The highest BCUT2D eigenvalue weighted by Crippen LogP contribution is 2.39. The molecule has 1 amide bonds. The minimum absolute atomic E-state index is 0.0514. The lowest BCUT2D eigenvalue weighted by molar-refractivity contribution is 0.0352. The highest BCUT2D eigenvalue weighted by molar-refractivity contribution is 5.89. The van der Waals surface area contributed by atoms with Crippen molar-refractivity contribution in [2.75, 3.05) is 19.8 Å². The quantitative estimate of drug-likeness (QED) is 0.735. The Bertz CT molecular complexity index is 635. The lowest BCUT2D eigenvalue weighted by atomic mass is 9.75. The van der Waals surface area contributed by atoms with Gasteiger partial charge in [-0.15, -0.1) is 0 Å². The second-order valence-electron chi connectivity index (χ2n) is 7.84. The second-order valence-corrected chi connectivity index (χ2v) is 7.84. The topological polar surface area (TPSA) is 55.8 Å². The zero-order valence-corrected chi connectivity index (χ0v) is 16.6. The molecule has 1 saturated heterocycles. The van der Waals surface area contributed by atoms with E-state index in [1.54, 1.807) is 13.0 Å². The molecule has 0 saturated carbocycles. The average molecular weight is 361 g/mol. The maximum absolute atomic E-state index is 12.4. The van der Waals surface area contributed by atoms with E-state index >= 15 is 0 Å². The molecule has 1 fully saturated rings. The summed E-state index contributed by atoms with van der Waals surface area (Å²) in [6, 6.07) is 7.78. The fourth-order valence-electron chi connectivity index (χ4n) is 3.65. The Labute approximate surface area is 156 Å². The van der Waals surface area contributed by atoms with Crippen molar-refractivity contribution in [1.29, 1.82) is 0 Å². The number of esters is 1. The van der Waals surface area contributed by atoms with E-state index in [1.165, 1.54) is 0 Å². The van der Waals surface area contributed by atoms with E-state index in [4.69, 9.17) is 9.47 Å². The van der Waals surface area contributed by atoms with Gasteiger partial charge in [-0.3, -0.25) is 0 Å². The molecule has 1 aromatic carbocycles. The van der Waals surface area contributed by atoms with Crippen LogP contribution in [0.3, 0.4) is 0 Å². The van der Waals surface area contributed by atoms with Crippen molar-refractivity contribution in [2.24, 2.45) is 5.41 Å². The van der Waals surface area contributed by atoms with Crippen LogP contribution in [0.5, 0.6) is 0 Å². The van der Waals surface area contributed by atoms with Gasteiger partial charge in [0.2, 0.25) is 0 Å². The molecule has 2 rings (SSSR count). The molecule has 1 aromatic rings. The fraction of sp³-hybridized carbons (Fsp3) is 0.619. The summed E-state index contributed by atoms with van der Waals surface area (Å²) in [7, 11) is 0. The number of hydrogen-bond acceptors (Lipinski definition) is 4. The smallest absolute Gasteiger partial charge is 0.410 e. The molecule has 26 heavy (non-hydrogen) atoms. The summed E-state index contributed by atoms with van der Waals surface area (Å²) < 4.78 is 10.4. The maximum Gasteiger partial charge on any atom is 0.410 e. The third-order valence-electron chi connectivity index (χ3n) is 4.97. The first-order valence-corrected chi connectivity index (χ1v) is 9.48.